The van der Waals surface area contributed by atoms with Gasteiger partial charge in [-0.3, -0.25) is 4.79 Å². The summed E-state index contributed by atoms with van der Waals surface area (Å²) in [5.41, 5.74) is -0.344. The van der Waals surface area contributed by atoms with Crippen LogP contribution in [-0.4, -0.2) is 22.0 Å². The standard InChI is InChI=1S/C10H10N2O3/c1-12-10(14)8-6(5-11-12)3-4-7(15-2)9(8)13/h3-5,13H,1-2H3. The zero-order chi connectivity index (χ0) is 11.0. The summed E-state index contributed by atoms with van der Waals surface area (Å²) in [6, 6.07) is 3.28. The zero-order valence-corrected chi connectivity index (χ0v) is 8.39. The van der Waals surface area contributed by atoms with E-state index in [1.54, 1.807) is 12.1 Å². The largest absolute Gasteiger partial charge is 0.504 e. The molecule has 1 aromatic carbocycles. The van der Waals surface area contributed by atoms with Gasteiger partial charge in [0.05, 0.1) is 18.7 Å². The Labute approximate surface area is 85.5 Å². The fourth-order valence-electron chi connectivity index (χ4n) is 1.45. The number of aromatic hydroxyl groups is 1. The summed E-state index contributed by atoms with van der Waals surface area (Å²) in [5, 5.41) is 14.5. The van der Waals surface area contributed by atoms with Crippen molar-refractivity contribution in [3.05, 3.63) is 28.7 Å². The van der Waals surface area contributed by atoms with Crippen LogP contribution in [0, 0.1) is 0 Å². The first-order chi connectivity index (χ1) is 7.15. The van der Waals surface area contributed by atoms with Gasteiger partial charge in [-0.2, -0.15) is 5.10 Å². The van der Waals surface area contributed by atoms with E-state index in [2.05, 4.69) is 5.10 Å². The summed E-state index contributed by atoms with van der Waals surface area (Å²) in [6.07, 6.45) is 1.52. The Morgan fingerprint density at radius 1 is 1.47 bits per heavy atom. The number of nitrogens with zero attached hydrogens (tertiary/aromatic N) is 2. The topological polar surface area (TPSA) is 64.4 Å². The summed E-state index contributed by atoms with van der Waals surface area (Å²) in [7, 11) is 2.97. The van der Waals surface area contributed by atoms with Gasteiger partial charge in [0, 0.05) is 12.4 Å². The van der Waals surface area contributed by atoms with Crippen LogP contribution in [0.4, 0.5) is 0 Å². The quantitative estimate of drug-likeness (QED) is 0.744. The number of aromatic nitrogens is 2. The molecule has 1 N–H and O–H groups in total. The molecule has 0 radical (unpaired) electrons. The molecule has 0 bridgehead atoms. The number of hydrogen-bond donors (Lipinski definition) is 1. The minimum absolute atomic E-state index is 0.141. The number of fused-ring (bicyclic) bond motifs is 1. The van der Waals surface area contributed by atoms with E-state index in [0.717, 1.165) is 0 Å². The molecule has 0 aliphatic carbocycles. The first-order valence-corrected chi connectivity index (χ1v) is 4.37. The number of hydrogen-bond acceptors (Lipinski definition) is 4. The summed E-state index contributed by atoms with van der Waals surface area (Å²) in [6.45, 7) is 0. The van der Waals surface area contributed by atoms with Gasteiger partial charge in [-0.05, 0) is 12.1 Å². The molecule has 78 valence electrons. The van der Waals surface area contributed by atoms with Gasteiger partial charge in [-0.15, -0.1) is 0 Å². The first kappa shape index (κ1) is 9.51. The average molecular weight is 206 g/mol. The van der Waals surface area contributed by atoms with Crippen LogP contribution in [0.1, 0.15) is 0 Å². The molecule has 0 saturated carbocycles. The molecule has 2 aromatic rings. The minimum Gasteiger partial charge on any atom is -0.504 e. The van der Waals surface area contributed by atoms with Gasteiger partial charge in [0.2, 0.25) is 0 Å². The SMILES string of the molecule is COc1ccc2cnn(C)c(=O)c2c1O. The third-order valence-corrected chi connectivity index (χ3v) is 2.27. The fraction of sp³-hybridized carbons (Fsp3) is 0.200. The maximum absolute atomic E-state index is 11.7. The second-order valence-electron chi connectivity index (χ2n) is 3.15. The number of phenols is 1. The van der Waals surface area contributed by atoms with Gasteiger partial charge in [-0.1, -0.05) is 0 Å². The molecule has 0 unspecified atom stereocenters. The van der Waals surface area contributed by atoms with Gasteiger partial charge >= 0.3 is 0 Å². The molecule has 15 heavy (non-hydrogen) atoms. The summed E-state index contributed by atoms with van der Waals surface area (Å²) in [5.74, 6) is 0.142. The summed E-state index contributed by atoms with van der Waals surface area (Å²) >= 11 is 0. The van der Waals surface area contributed by atoms with Crippen LogP contribution >= 0.6 is 0 Å². The number of aryl methyl sites for hydroxylation is 1. The van der Waals surface area contributed by atoms with Crippen molar-refractivity contribution >= 4 is 10.8 Å². The van der Waals surface area contributed by atoms with Gasteiger partial charge in [-0.25, -0.2) is 4.68 Å². The van der Waals surface area contributed by atoms with Crippen molar-refractivity contribution in [1.82, 2.24) is 9.78 Å². The molecule has 0 spiro atoms. The number of ether oxygens (including phenoxy) is 1. The average Bonchev–Trinajstić information content (AvgIpc) is 2.24. The van der Waals surface area contributed by atoms with Gasteiger partial charge in [0.25, 0.3) is 5.56 Å². The molecule has 0 aliphatic rings. The van der Waals surface area contributed by atoms with Crippen molar-refractivity contribution in [3.63, 3.8) is 0 Å². The third-order valence-electron chi connectivity index (χ3n) is 2.27. The third kappa shape index (κ3) is 1.32. The number of rotatable bonds is 1. The monoisotopic (exact) mass is 206 g/mol. The van der Waals surface area contributed by atoms with Gasteiger partial charge in [0.1, 0.15) is 0 Å². The highest BCUT2D eigenvalue weighted by molar-refractivity contribution is 5.88. The van der Waals surface area contributed by atoms with E-state index in [9.17, 15) is 9.90 Å². The van der Waals surface area contributed by atoms with Crippen molar-refractivity contribution in [2.45, 2.75) is 0 Å². The maximum atomic E-state index is 11.7. The fourth-order valence-corrected chi connectivity index (χ4v) is 1.45. The molecule has 0 saturated heterocycles. The number of methoxy groups -OCH3 is 1. The van der Waals surface area contributed by atoms with Crippen LogP contribution in [0.25, 0.3) is 10.8 Å². The van der Waals surface area contributed by atoms with E-state index in [-0.39, 0.29) is 22.4 Å². The van der Waals surface area contributed by atoms with Gasteiger partial charge in [0.15, 0.2) is 11.5 Å². The molecule has 2 rings (SSSR count). The van der Waals surface area contributed by atoms with Crippen LogP contribution in [0.3, 0.4) is 0 Å². The van der Waals surface area contributed by atoms with Crippen molar-refractivity contribution < 1.29 is 9.84 Å². The zero-order valence-electron chi connectivity index (χ0n) is 8.39. The van der Waals surface area contributed by atoms with Crippen LogP contribution in [0.15, 0.2) is 23.1 Å². The van der Waals surface area contributed by atoms with Crippen molar-refractivity contribution in [1.29, 1.82) is 0 Å². The minimum atomic E-state index is -0.344. The second-order valence-corrected chi connectivity index (χ2v) is 3.15. The Bertz CT molecular complexity index is 575. The van der Waals surface area contributed by atoms with Crippen LogP contribution in [0.2, 0.25) is 0 Å². The molecule has 0 amide bonds. The highest BCUT2D eigenvalue weighted by atomic mass is 16.5. The van der Waals surface area contributed by atoms with Crippen LogP contribution < -0.4 is 10.3 Å². The highest BCUT2D eigenvalue weighted by Crippen LogP contribution is 2.31. The molecule has 1 aromatic heterocycles. The van der Waals surface area contributed by atoms with Crippen LogP contribution in [0.5, 0.6) is 11.5 Å². The van der Waals surface area contributed by atoms with Crippen LogP contribution in [-0.2, 0) is 7.05 Å². The molecular formula is C10H10N2O3. The lowest BCUT2D eigenvalue weighted by molar-refractivity contribution is 0.376. The Balaban J connectivity index is 2.96. The molecule has 0 aliphatic heterocycles. The Kier molecular flexibility index (Phi) is 2.07. The van der Waals surface area contributed by atoms with Crippen molar-refractivity contribution in [3.8, 4) is 11.5 Å². The van der Waals surface area contributed by atoms with E-state index in [1.165, 1.54) is 25.0 Å². The molecule has 5 heteroatoms. The molecular weight excluding hydrogens is 196 g/mol. The molecule has 0 atom stereocenters. The predicted molar refractivity (Wildman–Crippen MR) is 55.2 cm³/mol. The molecule has 5 nitrogen and oxygen atoms in total. The van der Waals surface area contributed by atoms with E-state index in [0.29, 0.717) is 5.39 Å². The Hall–Kier alpha value is -2.04. The Morgan fingerprint density at radius 2 is 2.20 bits per heavy atom. The maximum Gasteiger partial charge on any atom is 0.278 e. The van der Waals surface area contributed by atoms with E-state index >= 15 is 0 Å². The smallest absolute Gasteiger partial charge is 0.278 e. The number of benzene rings is 1. The number of phenolic OH excluding ortho intramolecular Hbond substituents is 1. The Morgan fingerprint density at radius 3 is 2.87 bits per heavy atom. The predicted octanol–water partition coefficient (Wildman–Crippen LogP) is 0.648. The van der Waals surface area contributed by atoms with Gasteiger partial charge < -0.3 is 9.84 Å². The summed E-state index contributed by atoms with van der Waals surface area (Å²) in [4.78, 5) is 11.7. The van der Waals surface area contributed by atoms with E-state index in [1.807, 2.05) is 0 Å². The first-order valence-electron chi connectivity index (χ1n) is 4.37. The van der Waals surface area contributed by atoms with Crippen molar-refractivity contribution in [2.75, 3.05) is 7.11 Å². The van der Waals surface area contributed by atoms with E-state index < -0.39 is 0 Å². The van der Waals surface area contributed by atoms with E-state index in [4.69, 9.17) is 4.74 Å². The molecule has 1 heterocycles. The normalized spacial score (nSPS) is 10.5. The lowest BCUT2D eigenvalue weighted by Gasteiger charge is -2.06. The lowest BCUT2D eigenvalue weighted by Crippen LogP contribution is -2.19. The highest BCUT2D eigenvalue weighted by Gasteiger charge is 2.11. The second kappa shape index (κ2) is 3.27. The molecule has 0 fully saturated rings. The lowest BCUT2D eigenvalue weighted by atomic mass is 10.1. The van der Waals surface area contributed by atoms with Crippen molar-refractivity contribution in [2.24, 2.45) is 7.05 Å². The summed E-state index contributed by atoms with van der Waals surface area (Å²) < 4.78 is 6.10.